The van der Waals surface area contributed by atoms with E-state index in [2.05, 4.69) is 224 Å². The van der Waals surface area contributed by atoms with Crippen LogP contribution in [0.1, 0.15) is 0 Å². The van der Waals surface area contributed by atoms with Gasteiger partial charge in [0, 0.05) is 31.3 Å². The van der Waals surface area contributed by atoms with Gasteiger partial charge in [-0.15, -0.1) is 11.3 Å². The minimum Gasteiger partial charge on any atom is -0.248 e. The summed E-state index contributed by atoms with van der Waals surface area (Å²) >= 11 is 1.87. The number of rotatable bonds is 6. The highest BCUT2D eigenvalue weighted by Crippen LogP contribution is 2.42. The Morgan fingerprint density at radius 1 is 0.262 bits per heavy atom. The molecule has 2 heteroatoms. The lowest BCUT2D eigenvalue weighted by atomic mass is 9.89. The molecule has 0 amide bonds. The summed E-state index contributed by atoms with van der Waals surface area (Å²) in [4.78, 5) is 5.41. The quantitative estimate of drug-likeness (QED) is 0.163. The Morgan fingerprint density at radius 3 is 1.34 bits per heavy atom. The first-order valence-electron chi connectivity index (χ1n) is 20.9. The zero-order chi connectivity index (χ0) is 40.3. The van der Waals surface area contributed by atoms with Crippen molar-refractivity contribution in [2.45, 2.75) is 0 Å². The second-order valence-electron chi connectivity index (χ2n) is 15.8. The fourth-order valence-corrected chi connectivity index (χ4v) is 10.6. The minimum atomic E-state index is 0.943. The zero-order valence-electron chi connectivity index (χ0n) is 33.2. The summed E-state index contributed by atoms with van der Waals surface area (Å²) in [6, 6.07) is 81.8. The second-order valence-corrected chi connectivity index (χ2v) is 16.9. The summed E-state index contributed by atoms with van der Waals surface area (Å²) in [5.74, 6) is 0. The molecule has 0 aliphatic heterocycles. The van der Waals surface area contributed by atoms with Crippen molar-refractivity contribution in [1.29, 1.82) is 0 Å². The number of benzene rings is 10. The minimum absolute atomic E-state index is 0.943. The molecular weight excluding hydrogens is 755 g/mol. The molecule has 0 N–H and O–H groups in total. The Bertz CT molecular complexity index is 3620. The Kier molecular flexibility index (Phi) is 8.43. The summed E-state index contributed by atoms with van der Waals surface area (Å²) in [5.41, 5.74) is 13.7. The summed E-state index contributed by atoms with van der Waals surface area (Å²) < 4.78 is 2.64. The summed E-state index contributed by atoms with van der Waals surface area (Å²) in [5, 5.41) is 10.1. The molecule has 0 bridgehead atoms. The normalized spacial score (nSPS) is 11.6. The maximum atomic E-state index is 5.41. The Morgan fingerprint density at radius 2 is 0.672 bits per heavy atom. The van der Waals surface area contributed by atoms with Crippen LogP contribution >= 0.6 is 11.3 Å². The monoisotopic (exact) mass is 791 g/mol. The first kappa shape index (κ1) is 35.3. The largest absolute Gasteiger partial charge is 0.248 e. The van der Waals surface area contributed by atoms with E-state index in [0.29, 0.717) is 0 Å². The van der Waals surface area contributed by atoms with E-state index in [4.69, 9.17) is 4.98 Å². The predicted molar refractivity (Wildman–Crippen MR) is 262 cm³/mol. The van der Waals surface area contributed by atoms with Gasteiger partial charge in [-0.05, 0) is 95.0 Å². The van der Waals surface area contributed by atoms with Crippen LogP contribution in [0.15, 0.2) is 224 Å². The van der Waals surface area contributed by atoms with Crippen LogP contribution in [0.2, 0.25) is 0 Å². The van der Waals surface area contributed by atoms with Gasteiger partial charge in [-0.2, -0.15) is 0 Å². The highest BCUT2D eigenvalue weighted by Gasteiger charge is 2.16. The van der Waals surface area contributed by atoms with Crippen molar-refractivity contribution in [2.24, 2.45) is 0 Å². The Labute approximate surface area is 358 Å². The summed E-state index contributed by atoms with van der Waals surface area (Å²) in [6.45, 7) is 0. The third-order valence-electron chi connectivity index (χ3n) is 12.3. The fourth-order valence-electron chi connectivity index (χ4n) is 9.32. The van der Waals surface area contributed by atoms with Gasteiger partial charge < -0.3 is 0 Å². The zero-order valence-corrected chi connectivity index (χ0v) is 34.0. The van der Waals surface area contributed by atoms with Crippen LogP contribution in [-0.2, 0) is 0 Å². The van der Waals surface area contributed by atoms with Crippen LogP contribution in [0, 0.1) is 0 Å². The van der Waals surface area contributed by atoms with Gasteiger partial charge in [0.15, 0.2) is 0 Å². The molecule has 0 radical (unpaired) electrons. The van der Waals surface area contributed by atoms with Crippen molar-refractivity contribution in [3.63, 3.8) is 0 Å². The molecule has 1 nitrogen and oxygen atoms in total. The molecule has 0 saturated heterocycles. The smallest absolute Gasteiger partial charge is 0.0715 e. The third-order valence-corrected chi connectivity index (χ3v) is 13.5. The van der Waals surface area contributed by atoms with Crippen LogP contribution < -0.4 is 0 Å². The molecule has 0 saturated carbocycles. The van der Waals surface area contributed by atoms with Crippen LogP contribution in [0.3, 0.4) is 0 Å². The van der Waals surface area contributed by atoms with E-state index in [-0.39, 0.29) is 0 Å². The fraction of sp³-hybridized carbons (Fsp3) is 0. The standard InChI is InChI=1S/C59H37NS/c1-3-16-45-38(12-1)14-9-21-46(45)40-26-30-42(31-27-40)56-36-44(48-34-35-53(52-19-6-5-18-50(48)52)51-23-10-15-39-13-2-4-17-47(39)51)37-57(60-56)43-32-28-41(29-33-43)49-22-11-24-55-54-20-7-8-25-58(54)61-59(49)55/h1-37H. The SMILES string of the molecule is c1ccc2c(-c3ccc(-c4cc(-c5ccc(-c6cccc7ccccc67)c6ccccc56)cc(-c5ccc(-c6cccc7c6sc6ccccc67)cc5)n4)cc3)cccc2c1. The highest BCUT2D eigenvalue weighted by molar-refractivity contribution is 7.26. The van der Waals surface area contributed by atoms with Gasteiger partial charge in [0.2, 0.25) is 0 Å². The summed E-state index contributed by atoms with van der Waals surface area (Å²) in [6.07, 6.45) is 0. The maximum Gasteiger partial charge on any atom is 0.0715 e. The van der Waals surface area contributed by atoms with Gasteiger partial charge in [-0.1, -0.05) is 206 Å². The number of pyridine rings is 1. The van der Waals surface area contributed by atoms with Crippen LogP contribution in [0.4, 0.5) is 0 Å². The van der Waals surface area contributed by atoms with Gasteiger partial charge in [0.25, 0.3) is 0 Å². The van der Waals surface area contributed by atoms with Crippen molar-refractivity contribution in [3.05, 3.63) is 224 Å². The van der Waals surface area contributed by atoms with Gasteiger partial charge in [0.05, 0.1) is 11.4 Å². The van der Waals surface area contributed by atoms with Crippen LogP contribution in [0.5, 0.6) is 0 Å². The molecule has 0 fully saturated rings. The van der Waals surface area contributed by atoms with Gasteiger partial charge in [0.1, 0.15) is 0 Å². The van der Waals surface area contributed by atoms with E-state index in [1.807, 2.05) is 11.3 Å². The van der Waals surface area contributed by atoms with Crippen LogP contribution in [0.25, 0.3) is 120 Å². The Hall–Kier alpha value is -7.65. The van der Waals surface area contributed by atoms with Gasteiger partial charge in [-0.3, -0.25) is 0 Å². The number of aromatic nitrogens is 1. The summed E-state index contributed by atoms with van der Waals surface area (Å²) in [7, 11) is 0. The average molecular weight is 792 g/mol. The third kappa shape index (κ3) is 6.11. The van der Waals surface area contributed by atoms with Crippen molar-refractivity contribution >= 4 is 63.8 Å². The maximum absolute atomic E-state index is 5.41. The molecule has 12 aromatic rings. The molecule has 284 valence electrons. The molecule has 0 atom stereocenters. The predicted octanol–water partition coefficient (Wildman–Crippen LogP) is 16.9. The van der Waals surface area contributed by atoms with Crippen molar-refractivity contribution in [2.75, 3.05) is 0 Å². The molecule has 2 heterocycles. The van der Waals surface area contributed by atoms with E-state index < -0.39 is 0 Å². The van der Waals surface area contributed by atoms with E-state index in [9.17, 15) is 0 Å². The van der Waals surface area contributed by atoms with Crippen molar-refractivity contribution in [1.82, 2.24) is 4.98 Å². The van der Waals surface area contributed by atoms with E-state index in [0.717, 1.165) is 28.1 Å². The number of fused-ring (bicyclic) bond motifs is 6. The van der Waals surface area contributed by atoms with E-state index in [1.165, 1.54) is 91.4 Å². The average Bonchev–Trinajstić information content (AvgIpc) is 3.72. The van der Waals surface area contributed by atoms with E-state index in [1.54, 1.807) is 0 Å². The van der Waals surface area contributed by atoms with Gasteiger partial charge >= 0.3 is 0 Å². The van der Waals surface area contributed by atoms with E-state index >= 15 is 0 Å². The number of thiophene rings is 1. The van der Waals surface area contributed by atoms with Crippen molar-refractivity contribution < 1.29 is 0 Å². The molecule has 0 unspecified atom stereocenters. The molecule has 61 heavy (non-hydrogen) atoms. The van der Waals surface area contributed by atoms with Crippen molar-refractivity contribution in [3.8, 4) is 67.0 Å². The lowest BCUT2D eigenvalue weighted by Gasteiger charge is -2.16. The lowest BCUT2D eigenvalue weighted by molar-refractivity contribution is 1.32. The topological polar surface area (TPSA) is 12.9 Å². The molecule has 0 aliphatic carbocycles. The number of nitrogens with zero attached hydrogens (tertiary/aromatic N) is 1. The highest BCUT2D eigenvalue weighted by atomic mass is 32.1. The molecule has 12 rings (SSSR count). The molecular formula is C59H37NS. The number of hydrogen-bond donors (Lipinski definition) is 0. The molecule has 10 aromatic carbocycles. The Balaban J connectivity index is 1.00. The first-order valence-corrected chi connectivity index (χ1v) is 21.7. The second kappa shape index (κ2) is 14.6. The lowest BCUT2D eigenvalue weighted by Crippen LogP contribution is -1.93. The molecule has 2 aromatic heterocycles. The number of hydrogen-bond acceptors (Lipinski definition) is 2. The van der Waals surface area contributed by atoms with Gasteiger partial charge in [-0.25, -0.2) is 4.98 Å². The van der Waals surface area contributed by atoms with Crippen LogP contribution in [-0.4, -0.2) is 4.98 Å². The molecule has 0 spiro atoms. The molecule has 0 aliphatic rings. The first-order chi connectivity index (χ1) is 30.2.